The van der Waals surface area contributed by atoms with Crippen molar-refractivity contribution in [3.05, 3.63) is 94.4 Å². The second-order valence-corrected chi connectivity index (χ2v) is 11.4. The van der Waals surface area contributed by atoms with E-state index in [1.807, 2.05) is 60.7 Å². The second-order valence-electron chi connectivity index (χ2n) is 10.3. The Bertz CT molecular complexity index is 1390. The highest BCUT2D eigenvalue weighted by molar-refractivity contribution is 7.17. The summed E-state index contributed by atoms with van der Waals surface area (Å²) in [6, 6.07) is 23.1. The van der Waals surface area contributed by atoms with Crippen molar-refractivity contribution in [2.75, 3.05) is 10.6 Å². The molecule has 1 heterocycles. The molecule has 5 rings (SSSR count). The molecular weight excluding hydrogens is 452 g/mol. The van der Waals surface area contributed by atoms with Crippen molar-refractivity contribution in [3.8, 4) is 0 Å². The van der Waals surface area contributed by atoms with Gasteiger partial charge in [0, 0.05) is 21.5 Å². The van der Waals surface area contributed by atoms with Gasteiger partial charge in [-0.15, -0.1) is 11.3 Å². The van der Waals surface area contributed by atoms with Gasteiger partial charge < -0.3 is 10.6 Å². The van der Waals surface area contributed by atoms with Gasteiger partial charge in [0.15, 0.2) is 0 Å². The van der Waals surface area contributed by atoms with Crippen LogP contribution >= 0.6 is 11.3 Å². The average molecular weight is 483 g/mol. The van der Waals surface area contributed by atoms with E-state index < -0.39 is 0 Å². The van der Waals surface area contributed by atoms with Gasteiger partial charge in [-0.2, -0.15) is 0 Å². The number of rotatable bonds is 4. The van der Waals surface area contributed by atoms with Crippen molar-refractivity contribution in [3.63, 3.8) is 0 Å². The van der Waals surface area contributed by atoms with Gasteiger partial charge in [-0.1, -0.05) is 75.4 Å². The Labute approximate surface area is 210 Å². The van der Waals surface area contributed by atoms with Crippen LogP contribution in [0.5, 0.6) is 0 Å². The van der Waals surface area contributed by atoms with Crippen molar-refractivity contribution in [1.29, 1.82) is 0 Å². The van der Waals surface area contributed by atoms with E-state index in [-0.39, 0.29) is 17.2 Å². The zero-order valence-electron chi connectivity index (χ0n) is 20.4. The smallest absolute Gasteiger partial charge is 0.258 e. The Morgan fingerprint density at radius 1 is 0.857 bits per heavy atom. The fourth-order valence-electron chi connectivity index (χ4n) is 4.94. The van der Waals surface area contributed by atoms with Crippen molar-refractivity contribution in [1.82, 2.24) is 0 Å². The lowest BCUT2D eigenvalue weighted by molar-refractivity contribution is 0.102. The standard InChI is InChI=1S/C30H30N2O2S/c1-30(2,3)21-16-17-23-25(18-21)35-29(32-27(33)20-11-5-4-6-12-20)26(23)28(34)31-24-15-9-13-19-10-7-8-14-22(19)24/h4-15,21H,16-18H2,1-3H3,(H,31,34)(H,32,33). The van der Waals surface area contributed by atoms with Gasteiger partial charge in [-0.3, -0.25) is 9.59 Å². The van der Waals surface area contributed by atoms with Crippen LogP contribution in [0.2, 0.25) is 0 Å². The van der Waals surface area contributed by atoms with Crippen LogP contribution in [0.25, 0.3) is 10.8 Å². The highest BCUT2D eigenvalue weighted by atomic mass is 32.1. The zero-order chi connectivity index (χ0) is 24.6. The molecule has 1 aliphatic rings. The average Bonchev–Trinajstić information content (AvgIpc) is 3.21. The Balaban J connectivity index is 1.52. The van der Waals surface area contributed by atoms with Crippen LogP contribution in [0.3, 0.4) is 0 Å². The van der Waals surface area contributed by atoms with Gasteiger partial charge in [0.05, 0.1) is 5.56 Å². The lowest BCUT2D eigenvalue weighted by atomic mass is 9.72. The molecule has 3 aromatic carbocycles. The van der Waals surface area contributed by atoms with E-state index in [2.05, 4.69) is 31.4 Å². The first-order valence-electron chi connectivity index (χ1n) is 12.1. The second kappa shape index (κ2) is 9.31. The Morgan fingerprint density at radius 2 is 1.57 bits per heavy atom. The molecule has 0 fully saturated rings. The number of carbonyl (C=O) groups is 2. The number of nitrogens with one attached hydrogen (secondary N) is 2. The lowest BCUT2D eigenvalue weighted by Crippen LogP contribution is -2.27. The molecule has 5 heteroatoms. The van der Waals surface area contributed by atoms with E-state index in [1.165, 1.54) is 4.88 Å². The van der Waals surface area contributed by atoms with Gasteiger partial charge in [0.1, 0.15) is 5.00 Å². The van der Waals surface area contributed by atoms with E-state index in [4.69, 9.17) is 0 Å². The van der Waals surface area contributed by atoms with Gasteiger partial charge in [0.2, 0.25) is 0 Å². The molecule has 4 aromatic rings. The first kappa shape index (κ1) is 23.3. The molecule has 0 saturated heterocycles. The largest absolute Gasteiger partial charge is 0.321 e. The molecule has 0 saturated carbocycles. The molecular formula is C30H30N2O2S. The van der Waals surface area contributed by atoms with Crippen LogP contribution in [-0.4, -0.2) is 11.8 Å². The Hall–Kier alpha value is -3.44. The summed E-state index contributed by atoms with van der Waals surface area (Å²) >= 11 is 1.55. The molecule has 2 N–H and O–H groups in total. The Kier molecular flexibility index (Phi) is 6.20. The minimum absolute atomic E-state index is 0.170. The first-order valence-corrected chi connectivity index (χ1v) is 12.9. The number of hydrogen-bond acceptors (Lipinski definition) is 3. The van der Waals surface area contributed by atoms with Crippen LogP contribution in [0, 0.1) is 11.3 Å². The summed E-state index contributed by atoms with van der Waals surface area (Å²) in [5, 5.41) is 8.91. The highest BCUT2D eigenvalue weighted by Gasteiger charge is 2.34. The van der Waals surface area contributed by atoms with Crippen molar-refractivity contribution < 1.29 is 9.59 Å². The van der Waals surface area contributed by atoms with Crippen LogP contribution in [0.1, 0.15) is 58.3 Å². The summed E-state index contributed by atoms with van der Waals surface area (Å²) in [7, 11) is 0. The van der Waals surface area contributed by atoms with E-state index in [9.17, 15) is 9.59 Å². The number of carbonyl (C=O) groups excluding carboxylic acids is 2. The van der Waals surface area contributed by atoms with Crippen molar-refractivity contribution in [2.24, 2.45) is 11.3 Å². The molecule has 1 aliphatic carbocycles. The van der Waals surface area contributed by atoms with E-state index in [0.29, 0.717) is 22.0 Å². The van der Waals surface area contributed by atoms with Gasteiger partial charge >= 0.3 is 0 Å². The SMILES string of the molecule is CC(C)(C)C1CCc2c(sc(NC(=O)c3ccccc3)c2C(=O)Nc2cccc3ccccc23)C1. The summed E-state index contributed by atoms with van der Waals surface area (Å²) in [6.45, 7) is 6.84. The van der Waals surface area contributed by atoms with E-state index >= 15 is 0 Å². The number of benzene rings is 3. The highest BCUT2D eigenvalue weighted by Crippen LogP contribution is 2.44. The predicted octanol–water partition coefficient (Wildman–Crippen LogP) is 7.56. The summed E-state index contributed by atoms with van der Waals surface area (Å²) in [5.74, 6) is 0.174. The molecule has 0 bridgehead atoms. The minimum Gasteiger partial charge on any atom is -0.321 e. The molecule has 4 nitrogen and oxygen atoms in total. The maximum Gasteiger partial charge on any atom is 0.258 e. The molecule has 0 aliphatic heterocycles. The normalized spacial score (nSPS) is 15.5. The van der Waals surface area contributed by atoms with Crippen LogP contribution in [0.15, 0.2) is 72.8 Å². The molecule has 0 spiro atoms. The van der Waals surface area contributed by atoms with Gasteiger partial charge in [-0.25, -0.2) is 0 Å². The monoisotopic (exact) mass is 482 g/mol. The topological polar surface area (TPSA) is 58.2 Å². The first-order chi connectivity index (χ1) is 16.8. The lowest BCUT2D eigenvalue weighted by Gasteiger charge is -2.33. The summed E-state index contributed by atoms with van der Waals surface area (Å²) in [4.78, 5) is 28.0. The molecule has 0 radical (unpaired) electrons. The number of amides is 2. The third-order valence-corrected chi connectivity index (χ3v) is 8.19. The quantitative estimate of drug-likeness (QED) is 0.315. The minimum atomic E-state index is -0.198. The van der Waals surface area contributed by atoms with Crippen molar-refractivity contribution in [2.45, 2.75) is 40.0 Å². The van der Waals surface area contributed by atoms with Gasteiger partial charge in [0.25, 0.3) is 11.8 Å². The van der Waals surface area contributed by atoms with E-state index in [1.54, 1.807) is 23.5 Å². The molecule has 1 aromatic heterocycles. The van der Waals surface area contributed by atoms with Crippen LogP contribution in [0.4, 0.5) is 10.7 Å². The number of fused-ring (bicyclic) bond motifs is 2. The molecule has 35 heavy (non-hydrogen) atoms. The predicted molar refractivity (Wildman–Crippen MR) is 146 cm³/mol. The molecule has 2 amide bonds. The van der Waals surface area contributed by atoms with Crippen LogP contribution < -0.4 is 10.6 Å². The van der Waals surface area contributed by atoms with E-state index in [0.717, 1.165) is 41.3 Å². The summed E-state index contributed by atoms with van der Waals surface area (Å²) in [5.41, 5.74) is 3.23. The third kappa shape index (κ3) is 4.73. The molecule has 178 valence electrons. The van der Waals surface area contributed by atoms with Gasteiger partial charge in [-0.05, 0) is 59.7 Å². The Morgan fingerprint density at radius 3 is 2.34 bits per heavy atom. The van der Waals surface area contributed by atoms with Crippen molar-refractivity contribution >= 4 is 44.6 Å². The third-order valence-electron chi connectivity index (χ3n) is 7.02. The maximum atomic E-state index is 13.8. The molecule has 1 unspecified atom stereocenters. The number of hydrogen-bond donors (Lipinski definition) is 2. The zero-order valence-corrected chi connectivity index (χ0v) is 21.2. The number of anilines is 2. The molecule has 1 atom stereocenters. The fraction of sp³-hybridized carbons (Fsp3) is 0.267. The number of thiophene rings is 1. The van der Waals surface area contributed by atoms with Crippen LogP contribution in [-0.2, 0) is 12.8 Å². The maximum absolute atomic E-state index is 13.8. The summed E-state index contributed by atoms with van der Waals surface area (Å²) < 4.78 is 0. The summed E-state index contributed by atoms with van der Waals surface area (Å²) in [6.07, 6.45) is 2.81. The fourth-order valence-corrected chi connectivity index (χ4v) is 6.26.